The predicted octanol–water partition coefficient (Wildman–Crippen LogP) is 3.00. The summed E-state index contributed by atoms with van der Waals surface area (Å²) >= 11 is 9.10. The van der Waals surface area contributed by atoms with E-state index in [1.807, 2.05) is 12.1 Å². The van der Waals surface area contributed by atoms with E-state index in [2.05, 4.69) is 61.5 Å². The average molecular weight is 477 g/mol. The van der Waals surface area contributed by atoms with Gasteiger partial charge in [-0.15, -0.1) is 0 Å². The molecule has 2 aromatic rings. The smallest absolute Gasteiger partial charge is 0.251 e. The molecule has 0 unspecified atom stereocenters. The summed E-state index contributed by atoms with van der Waals surface area (Å²) < 4.78 is 1.10. The maximum absolute atomic E-state index is 11.9. The standard InChI is InChI=1S/C21H25BrN4O2S/c1-15-14-17(22)4-7-19(15)25-9-11-26(12-10-25)21(29)24-18-5-2-16(3-6-18)20(28)23-8-13-27/h2-7,14,27H,8-13H2,1H3,(H,23,28)(H,24,29). The Morgan fingerprint density at radius 2 is 1.83 bits per heavy atom. The van der Waals surface area contributed by atoms with Crippen molar-refractivity contribution in [1.82, 2.24) is 10.2 Å². The van der Waals surface area contributed by atoms with Crippen LogP contribution in [-0.4, -0.2) is 60.4 Å². The highest BCUT2D eigenvalue weighted by molar-refractivity contribution is 9.10. The molecular weight excluding hydrogens is 452 g/mol. The van der Waals surface area contributed by atoms with Gasteiger partial charge in [0.1, 0.15) is 0 Å². The van der Waals surface area contributed by atoms with Crippen LogP contribution < -0.4 is 15.5 Å². The first-order valence-electron chi connectivity index (χ1n) is 9.54. The summed E-state index contributed by atoms with van der Waals surface area (Å²) in [6, 6.07) is 13.5. The van der Waals surface area contributed by atoms with Crippen molar-refractivity contribution in [2.45, 2.75) is 6.92 Å². The molecule has 29 heavy (non-hydrogen) atoms. The fourth-order valence-electron chi connectivity index (χ4n) is 3.30. The Morgan fingerprint density at radius 3 is 2.45 bits per heavy atom. The van der Waals surface area contributed by atoms with E-state index in [-0.39, 0.29) is 19.1 Å². The second-order valence-corrected chi connectivity index (χ2v) is 8.19. The van der Waals surface area contributed by atoms with Crippen LogP contribution in [0.5, 0.6) is 0 Å². The van der Waals surface area contributed by atoms with Crippen LogP contribution in [0.15, 0.2) is 46.9 Å². The Kier molecular flexibility index (Phi) is 7.46. The van der Waals surface area contributed by atoms with E-state index >= 15 is 0 Å². The highest BCUT2D eigenvalue weighted by Gasteiger charge is 2.20. The molecule has 0 aromatic heterocycles. The molecule has 1 saturated heterocycles. The van der Waals surface area contributed by atoms with Crippen molar-refractivity contribution in [3.8, 4) is 0 Å². The van der Waals surface area contributed by atoms with Gasteiger partial charge in [-0.3, -0.25) is 4.79 Å². The third-order valence-corrected chi connectivity index (χ3v) is 5.72. The van der Waals surface area contributed by atoms with Crippen LogP contribution in [0.4, 0.5) is 11.4 Å². The molecule has 0 bridgehead atoms. The fraction of sp³-hybridized carbons (Fsp3) is 0.333. The minimum atomic E-state index is -0.201. The number of thiocarbonyl (C=S) groups is 1. The number of carbonyl (C=O) groups excluding carboxylic acids is 1. The van der Waals surface area contributed by atoms with Gasteiger partial charge < -0.3 is 25.5 Å². The Morgan fingerprint density at radius 1 is 1.14 bits per heavy atom. The van der Waals surface area contributed by atoms with E-state index < -0.39 is 0 Å². The van der Waals surface area contributed by atoms with Crippen LogP contribution in [0.2, 0.25) is 0 Å². The van der Waals surface area contributed by atoms with Gasteiger partial charge >= 0.3 is 0 Å². The first kappa shape index (κ1) is 21.5. The average Bonchev–Trinajstić information content (AvgIpc) is 2.72. The van der Waals surface area contributed by atoms with E-state index in [9.17, 15) is 4.79 Å². The van der Waals surface area contributed by atoms with Crippen LogP contribution >= 0.6 is 28.1 Å². The molecule has 1 aliphatic rings. The van der Waals surface area contributed by atoms with Crippen molar-refractivity contribution in [2.24, 2.45) is 0 Å². The van der Waals surface area contributed by atoms with Crippen molar-refractivity contribution in [2.75, 3.05) is 49.5 Å². The molecule has 6 nitrogen and oxygen atoms in total. The molecular formula is C21H25BrN4O2S. The second kappa shape index (κ2) is 10.0. The lowest BCUT2D eigenvalue weighted by molar-refractivity contribution is 0.0945. The van der Waals surface area contributed by atoms with E-state index in [0.717, 1.165) is 36.3 Å². The van der Waals surface area contributed by atoms with E-state index in [1.165, 1.54) is 11.3 Å². The number of hydrogen-bond donors (Lipinski definition) is 3. The lowest BCUT2D eigenvalue weighted by Gasteiger charge is -2.38. The van der Waals surface area contributed by atoms with E-state index in [1.54, 1.807) is 12.1 Å². The number of hydrogen-bond acceptors (Lipinski definition) is 4. The van der Waals surface area contributed by atoms with Gasteiger partial charge in [0.05, 0.1) is 6.61 Å². The number of nitrogens with zero attached hydrogens (tertiary/aromatic N) is 2. The molecule has 1 aliphatic heterocycles. The Bertz CT molecular complexity index is 867. The van der Waals surface area contributed by atoms with Crippen molar-refractivity contribution in [1.29, 1.82) is 0 Å². The fourth-order valence-corrected chi connectivity index (χ4v) is 4.08. The highest BCUT2D eigenvalue weighted by Crippen LogP contribution is 2.25. The van der Waals surface area contributed by atoms with Crippen LogP contribution in [0, 0.1) is 6.92 Å². The van der Waals surface area contributed by atoms with Gasteiger partial charge in [-0.05, 0) is 67.2 Å². The number of anilines is 2. The lowest BCUT2D eigenvalue weighted by Crippen LogP contribution is -2.50. The third kappa shape index (κ3) is 5.68. The first-order chi connectivity index (χ1) is 14.0. The monoisotopic (exact) mass is 476 g/mol. The van der Waals surface area contributed by atoms with Crippen molar-refractivity contribution in [3.63, 3.8) is 0 Å². The number of carbonyl (C=O) groups is 1. The molecule has 0 spiro atoms. The normalized spacial score (nSPS) is 13.9. The summed E-state index contributed by atoms with van der Waals surface area (Å²) in [5, 5.41) is 15.4. The molecule has 2 aromatic carbocycles. The summed E-state index contributed by atoms with van der Waals surface area (Å²) in [6.45, 7) is 5.82. The molecule has 0 radical (unpaired) electrons. The molecule has 1 amide bonds. The van der Waals surface area contributed by atoms with Crippen LogP contribution in [0.25, 0.3) is 0 Å². The molecule has 0 saturated carbocycles. The molecule has 0 atom stereocenters. The van der Waals surface area contributed by atoms with Gasteiger partial charge in [0.25, 0.3) is 5.91 Å². The number of piperazine rings is 1. The van der Waals surface area contributed by atoms with Gasteiger partial charge in [-0.2, -0.15) is 0 Å². The van der Waals surface area contributed by atoms with Gasteiger partial charge in [-0.25, -0.2) is 0 Å². The zero-order valence-corrected chi connectivity index (χ0v) is 18.7. The van der Waals surface area contributed by atoms with Crippen LogP contribution in [0.1, 0.15) is 15.9 Å². The van der Waals surface area contributed by atoms with Crippen molar-refractivity contribution >= 4 is 50.5 Å². The number of rotatable bonds is 5. The van der Waals surface area contributed by atoms with Crippen molar-refractivity contribution < 1.29 is 9.90 Å². The highest BCUT2D eigenvalue weighted by atomic mass is 79.9. The predicted molar refractivity (Wildman–Crippen MR) is 125 cm³/mol. The minimum Gasteiger partial charge on any atom is -0.395 e. The van der Waals surface area contributed by atoms with Crippen LogP contribution in [-0.2, 0) is 0 Å². The third-order valence-electron chi connectivity index (χ3n) is 4.86. The number of halogens is 1. The molecule has 1 heterocycles. The van der Waals surface area contributed by atoms with Gasteiger partial charge in [0, 0.05) is 54.1 Å². The maximum atomic E-state index is 11.9. The molecule has 0 aliphatic carbocycles. The largest absolute Gasteiger partial charge is 0.395 e. The summed E-state index contributed by atoms with van der Waals surface area (Å²) in [7, 11) is 0. The van der Waals surface area contributed by atoms with Gasteiger partial charge in [0.15, 0.2) is 5.11 Å². The Labute approximate surface area is 185 Å². The summed E-state index contributed by atoms with van der Waals surface area (Å²) in [5.41, 5.74) is 3.92. The van der Waals surface area contributed by atoms with Crippen molar-refractivity contribution in [3.05, 3.63) is 58.1 Å². The lowest BCUT2D eigenvalue weighted by atomic mass is 10.1. The van der Waals surface area contributed by atoms with Crippen LogP contribution in [0.3, 0.4) is 0 Å². The molecule has 3 N–H and O–H groups in total. The summed E-state index contributed by atoms with van der Waals surface area (Å²) in [4.78, 5) is 16.4. The molecule has 8 heteroatoms. The first-order valence-corrected chi connectivity index (χ1v) is 10.7. The number of nitrogens with one attached hydrogen (secondary N) is 2. The number of aryl methyl sites for hydroxylation is 1. The van der Waals surface area contributed by atoms with Gasteiger partial charge in [-0.1, -0.05) is 15.9 Å². The quantitative estimate of drug-likeness (QED) is 0.576. The van der Waals surface area contributed by atoms with E-state index in [0.29, 0.717) is 10.7 Å². The Balaban J connectivity index is 1.52. The zero-order valence-electron chi connectivity index (χ0n) is 16.3. The second-order valence-electron chi connectivity index (χ2n) is 6.89. The Hall–Kier alpha value is -2.16. The SMILES string of the molecule is Cc1cc(Br)ccc1N1CCN(C(=S)Nc2ccc(C(=O)NCCO)cc2)CC1. The minimum absolute atomic E-state index is 0.0751. The molecule has 1 fully saturated rings. The van der Waals surface area contributed by atoms with E-state index in [4.69, 9.17) is 17.3 Å². The maximum Gasteiger partial charge on any atom is 0.251 e. The number of benzene rings is 2. The molecule has 154 valence electrons. The topological polar surface area (TPSA) is 67.8 Å². The summed E-state index contributed by atoms with van der Waals surface area (Å²) in [5.74, 6) is -0.201. The number of aliphatic hydroxyl groups is 1. The number of aliphatic hydroxyl groups excluding tert-OH is 1. The van der Waals surface area contributed by atoms with Gasteiger partial charge in [0.2, 0.25) is 0 Å². The number of amides is 1. The zero-order chi connectivity index (χ0) is 20.8. The summed E-state index contributed by atoms with van der Waals surface area (Å²) in [6.07, 6.45) is 0. The molecule has 3 rings (SSSR count).